The molecule has 0 atom stereocenters. The molecule has 0 spiro atoms. The first-order valence-corrected chi connectivity index (χ1v) is 8.50. The monoisotopic (exact) mass is 362 g/mol. The number of amides is 2. The lowest BCUT2D eigenvalue weighted by Gasteiger charge is -2.41. The summed E-state index contributed by atoms with van der Waals surface area (Å²) >= 11 is 0. The van der Waals surface area contributed by atoms with Gasteiger partial charge in [0.1, 0.15) is 0 Å². The van der Waals surface area contributed by atoms with E-state index in [1.807, 2.05) is 31.2 Å². The van der Waals surface area contributed by atoms with Crippen molar-refractivity contribution in [3.05, 3.63) is 65.2 Å². The van der Waals surface area contributed by atoms with Gasteiger partial charge in [-0.25, -0.2) is 4.79 Å². The van der Waals surface area contributed by atoms with Crippen molar-refractivity contribution in [2.75, 3.05) is 25.0 Å². The average molecular weight is 362 g/mol. The van der Waals surface area contributed by atoms with Crippen LogP contribution in [0.2, 0.25) is 0 Å². The van der Waals surface area contributed by atoms with Gasteiger partial charge in [0.2, 0.25) is 0 Å². The number of carbonyl (C=O) groups is 1. The molecule has 138 valence electrons. The van der Waals surface area contributed by atoms with Crippen LogP contribution in [0, 0.1) is 12.8 Å². The van der Waals surface area contributed by atoms with E-state index in [0.717, 1.165) is 17.3 Å². The molecule has 3 nitrogen and oxygen atoms in total. The minimum absolute atomic E-state index is 0.0494. The Labute approximate surface area is 151 Å². The Kier molecular flexibility index (Phi) is 4.94. The lowest BCUT2D eigenvalue weighted by atomic mass is 9.90. The van der Waals surface area contributed by atoms with E-state index in [1.165, 1.54) is 12.1 Å². The van der Waals surface area contributed by atoms with Crippen LogP contribution in [0.15, 0.2) is 48.5 Å². The van der Waals surface area contributed by atoms with Gasteiger partial charge in [0.15, 0.2) is 0 Å². The zero-order valence-corrected chi connectivity index (χ0v) is 14.8. The van der Waals surface area contributed by atoms with Gasteiger partial charge in [-0.1, -0.05) is 30.3 Å². The molecule has 1 heterocycles. The third-order valence-electron chi connectivity index (χ3n) is 4.73. The third-order valence-corrected chi connectivity index (χ3v) is 4.73. The Bertz CT molecular complexity index is 798. The van der Waals surface area contributed by atoms with Crippen LogP contribution >= 0.6 is 0 Å². The fourth-order valence-corrected chi connectivity index (χ4v) is 3.30. The standard InChI is InChI=1S/C20H21F3N2O/c1-14-6-5-8-17(10-14)24(2)19(26)25-12-15(13-25)11-16-7-3-4-9-18(16)20(21,22)23/h3-10,15H,11-13H2,1-2H3. The second kappa shape index (κ2) is 7.02. The zero-order valence-electron chi connectivity index (χ0n) is 14.8. The van der Waals surface area contributed by atoms with Gasteiger partial charge in [-0.15, -0.1) is 0 Å². The molecular weight excluding hydrogens is 341 g/mol. The van der Waals surface area contributed by atoms with E-state index in [2.05, 4.69) is 0 Å². The highest BCUT2D eigenvalue weighted by Gasteiger charge is 2.37. The molecule has 0 bridgehead atoms. The highest BCUT2D eigenvalue weighted by atomic mass is 19.4. The maximum absolute atomic E-state index is 13.1. The highest BCUT2D eigenvalue weighted by molar-refractivity contribution is 5.92. The van der Waals surface area contributed by atoms with Crippen molar-refractivity contribution in [1.29, 1.82) is 0 Å². The van der Waals surface area contributed by atoms with Crippen molar-refractivity contribution >= 4 is 11.7 Å². The molecule has 0 unspecified atom stereocenters. The van der Waals surface area contributed by atoms with Crippen LogP contribution in [0.5, 0.6) is 0 Å². The van der Waals surface area contributed by atoms with Crippen LogP contribution in [-0.2, 0) is 12.6 Å². The Morgan fingerprint density at radius 1 is 1.15 bits per heavy atom. The van der Waals surface area contributed by atoms with Crippen molar-refractivity contribution in [3.63, 3.8) is 0 Å². The number of rotatable bonds is 3. The number of benzene rings is 2. The number of carbonyl (C=O) groups excluding carboxylic acids is 1. The first-order chi connectivity index (χ1) is 12.3. The summed E-state index contributed by atoms with van der Waals surface area (Å²) < 4.78 is 39.2. The molecule has 26 heavy (non-hydrogen) atoms. The van der Waals surface area contributed by atoms with Gasteiger partial charge in [-0.2, -0.15) is 13.2 Å². The second-order valence-electron chi connectivity index (χ2n) is 6.81. The molecule has 0 aliphatic carbocycles. The Morgan fingerprint density at radius 2 is 1.85 bits per heavy atom. The number of nitrogens with zero attached hydrogens (tertiary/aromatic N) is 2. The van der Waals surface area contributed by atoms with Gasteiger partial charge in [0.05, 0.1) is 5.56 Å². The van der Waals surface area contributed by atoms with Crippen molar-refractivity contribution in [3.8, 4) is 0 Å². The van der Waals surface area contributed by atoms with Gasteiger partial charge in [-0.3, -0.25) is 4.90 Å². The van der Waals surface area contributed by atoms with E-state index in [0.29, 0.717) is 25.1 Å². The molecule has 2 aromatic rings. The number of aryl methyl sites for hydroxylation is 1. The van der Waals surface area contributed by atoms with Crippen LogP contribution in [-0.4, -0.2) is 31.1 Å². The summed E-state index contributed by atoms with van der Waals surface area (Å²) in [6.07, 6.45) is -4.02. The molecule has 6 heteroatoms. The summed E-state index contributed by atoms with van der Waals surface area (Å²) in [6.45, 7) is 2.90. The summed E-state index contributed by atoms with van der Waals surface area (Å²) in [5.74, 6) is 0.0494. The van der Waals surface area contributed by atoms with Crippen LogP contribution < -0.4 is 4.90 Å². The van der Waals surface area contributed by atoms with Crippen molar-refractivity contribution < 1.29 is 18.0 Å². The number of anilines is 1. The molecule has 3 rings (SSSR count). The Hall–Kier alpha value is -2.50. The largest absolute Gasteiger partial charge is 0.416 e. The summed E-state index contributed by atoms with van der Waals surface area (Å²) in [6, 6.07) is 13.2. The quantitative estimate of drug-likeness (QED) is 0.773. The SMILES string of the molecule is Cc1cccc(N(C)C(=O)N2CC(Cc3ccccc3C(F)(F)F)C2)c1. The Balaban J connectivity index is 1.60. The fourth-order valence-electron chi connectivity index (χ4n) is 3.30. The van der Waals surface area contributed by atoms with Crippen molar-refractivity contribution in [2.24, 2.45) is 5.92 Å². The predicted octanol–water partition coefficient (Wildman–Crippen LogP) is 4.74. The minimum atomic E-state index is -4.35. The predicted molar refractivity (Wildman–Crippen MR) is 95.2 cm³/mol. The molecule has 2 aromatic carbocycles. The smallest absolute Gasteiger partial charge is 0.324 e. The summed E-state index contributed by atoms with van der Waals surface area (Å²) in [4.78, 5) is 15.8. The first kappa shape index (κ1) is 18.3. The van der Waals surface area contributed by atoms with E-state index in [9.17, 15) is 18.0 Å². The molecule has 2 amide bonds. The van der Waals surface area contributed by atoms with E-state index >= 15 is 0 Å². The fraction of sp³-hybridized carbons (Fsp3) is 0.350. The molecule has 1 saturated heterocycles. The number of alkyl halides is 3. The van der Waals surface area contributed by atoms with Crippen molar-refractivity contribution in [1.82, 2.24) is 4.90 Å². The van der Waals surface area contributed by atoms with Crippen LogP contribution in [0.1, 0.15) is 16.7 Å². The van der Waals surface area contributed by atoms with Gasteiger partial charge in [-0.05, 0) is 48.6 Å². The molecule has 0 aromatic heterocycles. The van der Waals surface area contributed by atoms with Gasteiger partial charge in [0, 0.05) is 25.8 Å². The van der Waals surface area contributed by atoms with Crippen molar-refractivity contribution in [2.45, 2.75) is 19.5 Å². The van der Waals surface area contributed by atoms with E-state index in [4.69, 9.17) is 0 Å². The second-order valence-corrected chi connectivity index (χ2v) is 6.81. The average Bonchev–Trinajstić information content (AvgIpc) is 2.56. The first-order valence-electron chi connectivity index (χ1n) is 8.50. The number of halogens is 3. The van der Waals surface area contributed by atoms with Crippen LogP contribution in [0.25, 0.3) is 0 Å². The van der Waals surface area contributed by atoms with Crippen LogP contribution in [0.4, 0.5) is 23.7 Å². The lowest BCUT2D eigenvalue weighted by Crippen LogP contribution is -2.54. The molecule has 0 radical (unpaired) electrons. The normalized spacial score (nSPS) is 14.9. The topological polar surface area (TPSA) is 23.6 Å². The maximum Gasteiger partial charge on any atom is 0.416 e. The molecule has 1 aliphatic rings. The Morgan fingerprint density at radius 3 is 2.50 bits per heavy atom. The van der Waals surface area contributed by atoms with Gasteiger partial charge < -0.3 is 4.90 Å². The van der Waals surface area contributed by atoms with E-state index < -0.39 is 11.7 Å². The third kappa shape index (κ3) is 3.84. The summed E-state index contributed by atoms with van der Waals surface area (Å²) in [5.41, 5.74) is 1.58. The number of hydrogen-bond donors (Lipinski definition) is 0. The maximum atomic E-state index is 13.1. The molecule has 0 N–H and O–H groups in total. The van der Waals surface area contributed by atoms with E-state index in [1.54, 1.807) is 22.9 Å². The zero-order chi connectivity index (χ0) is 18.9. The van der Waals surface area contributed by atoms with Gasteiger partial charge in [0.25, 0.3) is 0 Å². The minimum Gasteiger partial charge on any atom is -0.324 e. The number of urea groups is 1. The molecule has 1 aliphatic heterocycles. The molecule has 1 fully saturated rings. The molecular formula is C20H21F3N2O. The molecule has 0 saturated carbocycles. The number of likely N-dealkylation sites (tertiary alicyclic amines) is 1. The summed E-state index contributed by atoms with van der Waals surface area (Å²) in [7, 11) is 1.71. The van der Waals surface area contributed by atoms with E-state index in [-0.39, 0.29) is 11.9 Å². The highest BCUT2D eigenvalue weighted by Crippen LogP contribution is 2.34. The number of hydrogen-bond acceptors (Lipinski definition) is 1. The van der Waals surface area contributed by atoms with Crippen LogP contribution in [0.3, 0.4) is 0 Å². The lowest BCUT2D eigenvalue weighted by molar-refractivity contribution is -0.138. The summed E-state index contributed by atoms with van der Waals surface area (Å²) in [5, 5.41) is 0. The van der Waals surface area contributed by atoms with Gasteiger partial charge >= 0.3 is 12.2 Å².